The highest BCUT2D eigenvalue weighted by molar-refractivity contribution is 14.1. The maximum atomic E-state index is 3.36. The van der Waals surface area contributed by atoms with Gasteiger partial charge < -0.3 is 5.32 Å². The van der Waals surface area contributed by atoms with Crippen LogP contribution < -0.4 is 5.32 Å². The van der Waals surface area contributed by atoms with Crippen molar-refractivity contribution in [1.82, 2.24) is 5.32 Å². The summed E-state index contributed by atoms with van der Waals surface area (Å²) in [4.78, 5) is 0. The Balaban J connectivity index is 2.53. The van der Waals surface area contributed by atoms with Crippen LogP contribution in [0.25, 0.3) is 0 Å². The average Bonchev–Trinajstić information content (AvgIpc) is 2.20. The van der Waals surface area contributed by atoms with Crippen LogP contribution in [-0.2, 0) is 6.42 Å². The lowest BCUT2D eigenvalue weighted by Crippen LogP contribution is -2.27. The summed E-state index contributed by atoms with van der Waals surface area (Å²) in [5, 5.41) is 3.36. The summed E-state index contributed by atoms with van der Waals surface area (Å²) < 4.78 is 1.31. The van der Waals surface area contributed by atoms with Crippen LogP contribution in [0, 0.1) is 3.57 Å². The number of likely N-dealkylation sites (N-methyl/N-ethyl adjacent to an activating group) is 1. The molecule has 1 rings (SSSR count). The zero-order valence-electron chi connectivity index (χ0n) is 8.89. The lowest BCUT2D eigenvalue weighted by Gasteiger charge is -2.14. The molecular formula is C12H18IN. The third kappa shape index (κ3) is 3.96. The summed E-state index contributed by atoms with van der Waals surface area (Å²) in [6.07, 6.45) is 3.64. The Labute approximate surface area is 100 Å². The van der Waals surface area contributed by atoms with Crippen LogP contribution in [0.5, 0.6) is 0 Å². The predicted molar refractivity (Wildman–Crippen MR) is 70.6 cm³/mol. The smallest absolute Gasteiger partial charge is 0.0130 e. The quantitative estimate of drug-likeness (QED) is 0.824. The van der Waals surface area contributed by atoms with E-state index in [9.17, 15) is 0 Å². The normalized spacial score (nSPS) is 12.8. The van der Waals surface area contributed by atoms with E-state index in [0.29, 0.717) is 6.04 Å². The maximum absolute atomic E-state index is 3.36. The van der Waals surface area contributed by atoms with Crippen molar-refractivity contribution in [2.45, 2.75) is 32.2 Å². The van der Waals surface area contributed by atoms with E-state index >= 15 is 0 Å². The molecule has 0 saturated heterocycles. The first-order valence-electron chi connectivity index (χ1n) is 5.18. The van der Waals surface area contributed by atoms with E-state index < -0.39 is 0 Å². The zero-order valence-corrected chi connectivity index (χ0v) is 11.0. The summed E-state index contributed by atoms with van der Waals surface area (Å²) in [5.41, 5.74) is 1.43. The standard InChI is InChI=1S/C12H18IN/c1-3-4-12(14-2)9-10-5-7-11(13)8-6-10/h5-8,12,14H,3-4,9H2,1-2H3. The zero-order chi connectivity index (χ0) is 10.4. The highest BCUT2D eigenvalue weighted by Gasteiger charge is 2.05. The number of rotatable bonds is 5. The molecule has 0 aliphatic carbocycles. The fourth-order valence-electron chi connectivity index (χ4n) is 1.60. The third-order valence-electron chi connectivity index (χ3n) is 2.44. The molecule has 0 bridgehead atoms. The topological polar surface area (TPSA) is 12.0 Å². The molecule has 0 aliphatic rings. The van der Waals surface area contributed by atoms with Crippen molar-refractivity contribution in [2.24, 2.45) is 0 Å². The molecule has 78 valence electrons. The number of halogens is 1. The van der Waals surface area contributed by atoms with Crippen molar-refractivity contribution in [3.05, 3.63) is 33.4 Å². The molecule has 1 aromatic rings. The largest absolute Gasteiger partial charge is 0.317 e. The van der Waals surface area contributed by atoms with Gasteiger partial charge in [-0.25, -0.2) is 0 Å². The summed E-state index contributed by atoms with van der Waals surface area (Å²) in [6, 6.07) is 9.42. The van der Waals surface area contributed by atoms with Crippen molar-refractivity contribution in [2.75, 3.05) is 7.05 Å². The Morgan fingerprint density at radius 3 is 2.43 bits per heavy atom. The molecule has 1 aromatic carbocycles. The number of nitrogens with one attached hydrogen (secondary N) is 1. The SMILES string of the molecule is CCCC(Cc1ccc(I)cc1)NC. The van der Waals surface area contributed by atoms with E-state index in [0.717, 1.165) is 6.42 Å². The summed E-state index contributed by atoms with van der Waals surface area (Å²) in [7, 11) is 2.05. The van der Waals surface area contributed by atoms with Gasteiger partial charge in [0, 0.05) is 9.61 Å². The maximum Gasteiger partial charge on any atom is 0.0130 e. The summed E-state index contributed by atoms with van der Waals surface area (Å²) in [5.74, 6) is 0. The number of hydrogen-bond donors (Lipinski definition) is 1. The summed E-state index contributed by atoms with van der Waals surface area (Å²) >= 11 is 2.34. The van der Waals surface area contributed by atoms with E-state index in [-0.39, 0.29) is 0 Å². The second-order valence-electron chi connectivity index (χ2n) is 3.60. The van der Waals surface area contributed by atoms with Crippen LogP contribution in [-0.4, -0.2) is 13.1 Å². The van der Waals surface area contributed by atoms with Gasteiger partial charge in [-0.05, 0) is 60.2 Å². The first kappa shape index (κ1) is 12.0. The van der Waals surface area contributed by atoms with Gasteiger partial charge in [0.25, 0.3) is 0 Å². The average molecular weight is 303 g/mol. The molecule has 1 nitrogen and oxygen atoms in total. The van der Waals surface area contributed by atoms with Gasteiger partial charge in [0.1, 0.15) is 0 Å². The van der Waals surface area contributed by atoms with Gasteiger partial charge in [-0.1, -0.05) is 25.5 Å². The second-order valence-corrected chi connectivity index (χ2v) is 4.85. The highest BCUT2D eigenvalue weighted by Crippen LogP contribution is 2.10. The van der Waals surface area contributed by atoms with Gasteiger partial charge in [-0.3, -0.25) is 0 Å². The molecular weight excluding hydrogens is 285 g/mol. The molecule has 0 aromatic heterocycles. The van der Waals surface area contributed by atoms with Crippen molar-refractivity contribution in [3.8, 4) is 0 Å². The fraction of sp³-hybridized carbons (Fsp3) is 0.500. The molecule has 0 fully saturated rings. The Morgan fingerprint density at radius 1 is 1.29 bits per heavy atom. The first-order valence-corrected chi connectivity index (χ1v) is 6.25. The molecule has 1 N–H and O–H groups in total. The first-order chi connectivity index (χ1) is 6.76. The minimum atomic E-state index is 0.625. The van der Waals surface area contributed by atoms with Gasteiger partial charge in [0.2, 0.25) is 0 Å². The van der Waals surface area contributed by atoms with Crippen molar-refractivity contribution in [1.29, 1.82) is 0 Å². The predicted octanol–water partition coefficient (Wildman–Crippen LogP) is 3.22. The summed E-state index contributed by atoms with van der Waals surface area (Å²) in [6.45, 7) is 2.23. The molecule has 0 aliphatic heterocycles. The van der Waals surface area contributed by atoms with Gasteiger partial charge in [-0.2, -0.15) is 0 Å². The Morgan fingerprint density at radius 2 is 1.93 bits per heavy atom. The minimum Gasteiger partial charge on any atom is -0.317 e. The van der Waals surface area contributed by atoms with E-state index in [1.807, 2.05) is 7.05 Å². The fourth-order valence-corrected chi connectivity index (χ4v) is 1.96. The molecule has 2 heteroatoms. The molecule has 0 saturated carbocycles. The number of benzene rings is 1. The van der Waals surface area contributed by atoms with Gasteiger partial charge in [0.15, 0.2) is 0 Å². The van der Waals surface area contributed by atoms with Crippen LogP contribution in [0.1, 0.15) is 25.3 Å². The molecule has 1 unspecified atom stereocenters. The second kappa shape index (κ2) is 6.40. The van der Waals surface area contributed by atoms with Crippen LogP contribution in [0.15, 0.2) is 24.3 Å². The van der Waals surface area contributed by atoms with E-state index in [1.54, 1.807) is 0 Å². The minimum absolute atomic E-state index is 0.625. The monoisotopic (exact) mass is 303 g/mol. The van der Waals surface area contributed by atoms with Crippen LogP contribution in [0.3, 0.4) is 0 Å². The van der Waals surface area contributed by atoms with E-state index in [2.05, 4.69) is 59.1 Å². The van der Waals surface area contributed by atoms with Crippen LogP contribution in [0.4, 0.5) is 0 Å². The van der Waals surface area contributed by atoms with E-state index in [4.69, 9.17) is 0 Å². The van der Waals surface area contributed by atoms with Crippen molar-refractivity contribution < 1.29 is 0 Å². The van der Waals surface area contributed by atoms with Crippen LogP contribution in [0.2, 0.25) is 0 Å². The molecule has 0 amide bonds. The highest BCUT2D eigenvalue weighted by atomic mass is 127. The molecule has 0 radical (unpaired) electrons. The Hall–Kier alpha value is -0.0900. The number of hydrogen-bond acceptors (Lipinski definition) is 1. The third-order valence-corrected chi connectivity index (χ3v) is 3.16. The van der Waals surface area contributed by atoms with Gasteiger partial charge >= 0.3 is 0 Å². The Bertz CT molecular complexity index is 256. The molecule has 14 heavy (non-hydrogen) atoms. The van der Waals surface area contributed by atoms with E-state index in [1.165, 1.54) is 22.0 Å². The van der Waals surface area contributed by atoms with Gasteiger partial charge in [0.05, 0.1) is 0 Å². The lowest BCUT2D eigenvalue weighted by molar-refractivity contribution is 0.514. The van der Waals surface area contributed by atoms with Gasteiger partial charge in [-0.15, -0.1) is 0 Å². The van der Waals surface area contributed by atoms with Crippen molar-refractivity contribution in [3.63, 3.8) is 0 Å². The van der Waals surface area contributed by atoms with Crippen LogP contribution >= 0.6 is 22.6 Å². The van der Waals surface area contributed by atoms with Crippen molar-refractivity contribution >= 4 is 22.6 Å². The Kier molecular flexibility index (Phi) is 5.48. The molecule has 0 heterocycles. The molecule has 1 atom stereocenters. The lowest BCUT2D eigenvalue weighted by atomic mass is 10.0. The molecule has 0 spiro atoms.